The average molecular weight is 302 g/mol. The summed E-state index contributed by atoms with van der Waals surface area (Å²) < 4.78 is 43.5. The molecule has 21 heavy (non-hydrogen) atoms. The molecule has 0 spiro atoms. The van der Waals surface area contributed by atoms with Crippen molar-refractivity contribution in [2.45, 2.75) is 19.1 Å². The maximum Gasteiger partial charge on any atom is 0.419 e. The minimum absolute atomic E-state index is 0.00714. The van der Waals surface area contributed by atoms with Gasteiger partial charge in [-0.15, -0.1) is 0 Å². The minimum Gasteiger partial charge on any atom is -0.483 e. The molecule has 0 saturated carbocycles. The Bertz CT molecular complexity index is 505. The molecule has 1 aromatic rings. The van der Waals surface area contributed by atoms with Gasteiger partial charge in [-0.3, -0.25) is 4.79 Å². The molecule has 0 aliphatic carbocycles. The lowest BCUT2D eigenvalue weighted by Gasteiger charge is -2.33. The van der Waals surface area contributed by atoms with Gasteiger partial charge in [0.1, 0.15) is 5.75 Å². The first-order valence-electron chi connectivity index (χ1n) is 6.69. The lowest BCUT2D eigenvalue weighted by atomic mass is 10.2. The van der Waals surface area contributed by atoms with Gasteiger partial charge in [-0.25, -0.2) is 0 Å². The first-order valence-corrected chi connectivity index (χ1v) is 6.69. The fourth-order valence-electron chi connectivity index (χ4n) is 2.26. The number of rotatable bonds is 3. The zero-order valence-electron chi connectivity index (χ0n) is 11.6. The third-order valence-electron chi connectivity index (χ3n) is 3.37. The molecule has 0 unspecified atom stereocenters. The first-order chi connectivity index (χ1) is 9.89. The van der Waals surface area contributed by atoms with Crippen LogP contribution in [0.25, 0.3) is 0 Å². The number of hydrogen-bond donors (Lipinski definition) is 1. The number of piperazine rings is 1. The van der Waals surface area contributed by atoms with Crippen molar-refractivity contribution >= 4 is 5.91 Å². The third-order valence-corrected chi connectivity index (χ3v) is 3.37. The number of alkyl halides is 3. The number of nitrogens with one attached hydrogen (secondary N) is 1. The van der Waals surface area contributed by atoms with E-state index in [0.29, 0.717) is 19.6 Å². The van der Waals surface area contributed by atoms with Gasteiger partial charge in [-0.05, 0) is 19.1 Å². The second kappa shape index (κ2) is 6.34. The predicted molar refractivity (Wildman–Crippen MR) is 71.0 cm³/mol. The molecule has 116 valence electrons. The smallest absolute Gasteiger partial charge is 0.419 e. The van der Waals surface area contributed by atoms with Crippen LogP contribution in [0, 0.1) is 0 Å². The number of carbonyl (C=O) groups is 1. The molecular weight excluding hydrogens is 285 g/mol. The molecule has 1 aliphatic rings. The maximum atomic E-state index is 12.8. The molecule has 0 radical (unpaired) electrons. The second-order valence-electron chi connectivity index (χ2n) is 4.92. The van der Waals surface area contributed by atoms with E-state index >= 15 is 0 Å². The fraction of sp³-hybridized carbons (Fsp3) is 0.500. The number of nitrogens with zero attached hydrogens (tertiary/aromatic N) is 1. The molecule has 1 aliphatic heterocycles. The molecule has 1 aromatic carbocycles. The lowest BCUT2D eigenvalue weighted by Crippen LogP contribution is -2.53. The normalized spacial score (nSPS) is 19.4. The Balaban J connectivity index is 2.01. The fourth-order valence-corrected chi connectivity index (χ4v) is 2.26. The van der Waals surface area contributed by atoms with Crippen LogP contribution in [-0.4, -0.2) is 43.1 Å². The molecule has 1 heterocycles. The molecule has 1 fully saturated rings. The van der Waals surface area contributed by atoms with Crippen LogP contribution in [0.4, 0.5) is 13.2 Å². The third kappa shape index (κ3) is 3.87. The summed E-state index contributed by atoms with van der Waals surface area (Å²) in [6.07, 6.45) is -4.50. The monoisotopic (exact) mass is 302 g/mol. The number of carbonyl (C=O) groups excluding carboxylic acids is 1. The van der Waals surface area contributed by atoms with E-state index in [1.807, 2.05) is 6.92 Å². The molecule has 0 bridgehead atoms. The summed E-state index contributed by atoms with van der Waals surface area (Å²) >= 11 is 0. The van der Waals surface area contributed by atoms with Crippen molar-refractivity contribution in [2.75, 3.05) is 26.2 Å². The van der Waals surface area contributed by atoms with E-state index in [9.17, 15) is 18.0 Å². The van der Waals surface area contributed by atoms with Crippen molar-refractivity contribution in [3.8, 4) is 5.75 Å². The van der Waals surface area contributed by atoms with Crippen LogP contribution >= 0.6 is 0 Å². The predicted octanol–water partition coefficient (Wildman–Crippen LogP) is 1.90. The number of benzene rings is 1. The summed E-state index contributed by atoms with van der Waals surface area (Å²) in [4.78, 5) is 13.7. The van der Waals surface area contributed by atoms with E-state index < -0.39 is 18.3 Å². The van der Waals surface area contributed by atoms with E-state index in [-0.39, 0.29) is 17.7 Å². The van der Waals surface area contributed by atoms with Gasteiger partial charge in [-0.1, -0.05) is 12.1 Å². The van der Waals surface area contributed by atoms with Crippen molar-refractivity contribution in [2.24, 2.45) is 0 Å². The van der Waals surface area contributed by atoms with Gasteiger partial charge < -0.3 is 15.0 Å². The van der Waals surface area contributed by atoms with E-state index in [4.69, 9.17) is 4.74 Å². The summed E-state index contributed by atoms with van der Waals surface area (Å²) in [5.74, 6) is -0.623. The number of hydrogen-bond acceptors (Lipinski definition) is 3. The zero-order valence-corrected chi connectivity index (χ0v) is 11.6. The molecule has 1 N–H and O–H groups in total. The van der Waals surface area contributed by atoms with Gasteiger partial charge in [-0.2, -0.15) is 13.2 Å². The largest absolute Gasteiger partial charge is 0.483 e. The van der Waals surface area contributed by atoms with Crippen LogP contribution in [-0.2, 0) is 11.0 Å². The molecule has 0 aromatic heterocycles. The standard InChI is InChI=1S/C14H17F3N2O2/c1-10-8-18-6-7-19(10)13(20)9-21-12-5-3-2-4-11(12)14(15,16)17/h2-5,10,18H,6-9H2,1H3/t10-/m1/s1. The molecule has 1 amide bonds. The van der Waals surface area contributed by atoms with Gasteiger partial charge in [0.25, 0.3) is 5.91 Å². The van der Waals surface area contributed by atoms with Crippen LogP contribution in [0.2, 0.25) is 0 Å². The highest BCUT2D eigenvalue weighted by Crippen LogP contribution is 2.35. The van der Waals surface area contributed by atoms with Gasteiger partial charge in [0, 0.05) is 25.7 Å². The van der Waals surface area contributed by atoms with Crippen molar-refractivity contribution in [3.05, 3.63) is 29.8 Å². The Kier molecular flexibility index (Phi) is 4.72. The van der Waals surface area contributed by atoms with Crippen molar-refractivity contribution in [1.82, 2.24) is 10.2 Å². The second-order valence-corrected chi connectivity index (χ2v) is 4.92. The Morgan fingerprint density at radius 2 is 2.14 bits per heavy atom. The van der Waals surface area contributed by atoms with E-state index in [1.54, 1.807) is 4.90 Å². The molecule has 1 saturated heterocycles. The van der Waals surface area contributed by atoms with Crippen molar-refractivity contribution in [3.63, 3.8) is 0 Å². The minimum atomic E-state index is -4.50. The highest BCUT2D eigenvalue weighted by atomic mass is 19.4. The lowest BCUT2D eigenvalue weighted by molar-refractivity contribution is -0.141. The van der Waals surface area contributed by atoms with Crippen LogP contribution < -0.4 is 10.1 Å². The Morgan fingerprint density at radius 1 is 1.43 bits per heavy atom. The zero-order chi connectivity index (χ0) is 15.5. The molecule has 7 heteroatoms. The summed E-state index contributed by atoms with van der Waals surface area (Å²) in [6.45, 7) is 3.37. The number of halogens is 3. The molecule has 4 nitrogen and oxygen atoms in total. The SMILES string of the molecule is C[C@@H]1CNCCN1C(=O)COc1ccccc1C(F)(F)F. The highest BCUT2D eigenvalue weighted by Gasteiger charge is 2.34. The Labute approximate surface area is 120 Å². The number of ether oxygens (including phenoxy) is 1. The van der Waals surface area contributed by atoms with Gasteiger partial charge in [0.05, 0.1) is 5.56 Å². The number of para-hydroxylation sites is 1. The number of amides is 1. The average Bonchev–Trinajstić information content (AvgIpc) is 2.44. The van der Waals surface area contributed by atoms with Crippen molar-refractivity contribution < 1.29 is 22.7 Å². The van der Waals surface area contributed by atoms with Crippen molar-refractivity contribution in [1.29, 1.82) is 0 Å². The van der Waals surface area contributed by atoms with E-state index in [1.165, 1.54) is 18.2 Å². The quantitative estimate of drug-likeness (QED) is 0.927. The molecular formula is C14H17F3N2O2. The van der Waals surface area contributed by atoms with Crippen LogP contribution in [0.1, 0.15) is 12.5 Å². The maximum absolute atomic E-state index is 12.8. The first kappa shape index (κ1) is 15.6. The van der Waals surface area contributed by atoms with Crippen LogP contribution in [0.3, 0.4) is 0 Å². The highest BCUT2D eigenvalue weighted by molar-refractivity contribution is 5.78. The summed E-state index contributed by atoms with van der Waals surface area (Å²) in [5.41, 5.74) is -0.869. The van der Waals surface area contributed by atoms with E-state index in [0.717, 1.165) is 6.07 Å². The molecule has 2 rings (SSSR count). The van der Waals surface area contributed by atoms with Gasteiger partial charge >= 0.3 is 6.18 Å². The van der Waals surface area contributed by atoms with E-state index in [2.05, 4.69) is 5.32 Å². The van der Waals surface area contributed by atoms with Gasteiger partial charge in [0.15, 0.2) is 6.61 Å². The summed E-state index contributed by atoms with van der Waals surface area (Å²) in [5, 5.41) is 3.14. The molecule has 1 atom stereocenters. The Hall–Kier alpha value is -1.76. The summed E-state index contributed by atoms with van der Waals surface area (Å²) in [7, 11) is 0. The van der Waals surface area contributed by atoms with Gasteiger partial charge in [0.2, 0.25) is 0 Å². The summed E-state index contributed by atoms with van der Waals surface area (Å²) in [6, 6.07) is 4.90. The van der Waals surface area contributed by atoms with Crippen LogP contribution in [0.15, 0.2) is 24.3 Å². The van der Waals surface area contributed by atoms with Crippen LogP contribution in [0.5, 0.6) is 5.75 Å². The Morgan fingerprint density at radius 3 is 2.81 bits per heavy atom. The topological polar surface area (TPSA) is 41.6 Å².